The van der Waals surface area contributed by atoms with Crippen molar-refractivity contribution >= 4 is 0 Å². The molecule has 0 atom stereocenters. The highest BCUT2D eigenvalue weighted by Crippen LogP contribution is 2.35. The fraction of sp³-hybridized carbons (Fsp3) is 0.250. The number of rotatable bonds is 1. The zero-order chi connectivity index (χ0) is 13.5. The lowest BCUT2D eigenvalue weighted by molar-refractivity contribution is -0.137. The Kier molecular flexibility index (Phi) is 2.80. The van der Waals surface area contributed by atoms with Gasteiger partial charge in [-0.2, -0.15) is 18.3 Å². The van der Waals surface area contributed by atoms with Crippen molar-refractivity contribution in [3.05, 3.63) is 35.5 Å². The van der Waals surface area contributed by atoms with Gasteiger partial charge >= 0.3 is 6.18 Å². The Morgan fingerprint density at radius 1 is 1.28 bits per heavy atom. The van der Waals surface area contributed by atoms with Crippen molar-refractivity contribution in [3.8, 4) is 17.0 Å². The van der Waals surface area contributed by atoms with E-state index < -0.39 is 11.7 Å². The van der Waals surface area contributed by atoms with Crippen LogP contribution >= 0.6 is 0 Å². The van der Waals surface area contributed by atoms with Crippen LogP contribution in [0.5, 0.6) is 5.75 Å². The number of benzene rings is 1. The van der Waals surface area contributed by atoms with Gasteiger partial charge in [0.05, 0.1) is 11.3 Å². The average Bonchev–Trinajstić information content (AvgIpc) is 2.56. The Labute approximate surface area is 101 Å². The first-order valence-corrected chi connectivity index (χ1v) is 5.21. The van der Waals surface area contributed by atoms with E-state index in [0.717, 1.165) is 12.1 Å². The van der Waals surface area contributed by atoms with E-state index in [-0.39, 0.29) is 17.0 Å². The second kappa shape index (κ2) is 4.04. The molecule has 0 fully saturated rings. The van der Waals surface area contributed by atoms with Gasteiger partial charge in [-0.05, 0) is 19.1 Å². The lowest BCUT2D eigenvalue weighted by Crippen LogP contribution is -2.04. The topological polar surface area (TPSA) is 38.1 Å². The van der Waals surface area contributed by atoms with Gasteiger partial charge in [-0.15, -0.1) is 0 Å². The van der Waals surface area contributed by atoms with Crippen LogP contribution in [0.2, 0.25) is 0 Å². The molecule has 6 heteroatoms. The normalized spacial score (nSPS) is 11.8. The van der Waals surface area contributed by atoms with Crippen molar-refractivity contribution in [1.82, 2.24) is 9.78 Å². The second-order valence-corrected chi connectivity index (χ2v) is 3.98. The number of hydrogen-bond donors (Lipinski definition) is 1. The lowest BCUT2D eigenvalue weighted by atomic mass is 10.1. The minimum Gasteiger partial charge on any atom is -0.504 e. The largest absolute Gasteiger partial charge is 0.504 e. The zero-order valence-electron chi connectivity index (χ0n) is 9.78. The second-order valence-electron chi connectivity index (χ2n) is 3.98. The minimum atomic E-state index is -4.41. The van der Waals surface area contributed by atoms with Gasteiger partial charge in [-0.25, -0.2) is 0 Å². The van der Waals surface area contributed by atoms with Crippen molar-refractivity contribution in [2.24, 2.45) is 7.05 Å². The molecule has 0 aliphatic heterocycles. The van der Waals surface area contributed by atoms with E-state index in [2.05, 4.69) is 5.10 Å². The highest BCUT2D eigenvalue weighted by molar-refractivity contribution is 5.67. The minimum absolute atomic E-state index is 0.100. The molecule has 1 aromatic carbocycles. The number of aryl methyl sites for hydroxylation is 1. The first kappa shape index (κ1) is 12.5. The molecular formula is C12H11F3N2O. The number of nitrogens with zero attached hydrogens (tertiary/aromatic N) is 2. The Balaban J connectivity index is 2.55. The standard InChI is InChI=1S/C12H11F3N2O/c1-7-11(18)10(16-17(7)2)8-4-3-5-9(6-8)12(13,14)15/h3-6,18H,1-2H3. The Hall–Kier alpha value is -1.98. The quantitative estimate of drug-likeness (QED) is 0.851. The van der Waals surface area contributed by atoms with Crippen molar-refractivity contribution in [3.63, 3.8) is 0 Å². The molecule has 0 amide bonds. The van der Waals surface area contributed by atoms with E-state index >= 15 is 0 Å². The van der Waals surface area contributed by atoms with Crippen LogP contribution in [0.15, 0.2) is 24.3 Å². The van der Waals surface area contributed by atoms with Crippen molar-refractivity contribution in [2.75, 3.05) is 0 Å². The third kappa shape index (κ3) is 2.05. The third-order valence-electron chi connectivity index (χ3n) is 2.77. The summed E-state index contributed by atoms with van der Waals surface area (Å²) in [5.41, 5.74) is 0.136. The zero-order valence-corrected chi connectivity index (χ0v) is 9.78. The smallest absolute Gasteiger partial charge is 0.416 e. The monoisotopic (exact) mass is 256 g/mol. The molecule has 0 aliphatic carbocycles. The summed E-state index contributed by atoms with van der Waals surface area (Å²) in [5.74, 6) is -0.100. The Morgan fingerprint density at radius 3 is 2.44 bits per heavy atom. The van der Waals surface area contributed by atoms with Crippen LogP contribution < -0.4 is 0 Å². The van der Waals surface area contributed by atoms with Crippen LogP contribution in [0.1, 0.15) is 11.3 Å². The summed E-state index contributed by atoms with van der Waals surface area (Å²) in [6.07, 6.45) is -4.41. The van der Waals surface area contributed by atoms with Crippen LogP contribution in [-0.4, -0.2) is 14.9 Å². The summed E-state index contributed by atoms with van der Waals surface area (Å²) in [4.78, 5) is 0. The summed E-state index contributed by atoms with van der Waals surface area (Å²) in [7, 11) is 1.62. The van der Waals surface area contributed by atoms with Crippen LogP contribution in [0.4, 0.5) is 13.2 Å². The molecule has 3 nitrogen and oxygen atoms in total. The van der Waals surface area contributed by atoms with Gasteiger partial charge in [-0.3, -0.25) is 4.68 Å². The maximum absolute atomic E-state index is 12.6. The molecule has 0 radical (unpaired) electrons. The maximum atomic E-state index is 12.6. The lowest BCUT2D eigenvalue weighted by Gasteiger charge is -2.07. The van der Waals surface area contributed by atoms with Gasteiger partial charge in [-0.1, -0.05) is 12.1 Å². The molecule has 0 spiro atoms. The van der Waals surface area contributed by atoms with Crippen molar-refractivity contribution in [1.29, 1.82) is 0 Å². The third-order valence-corrected chi connectivity index (χ3v) is 2.77. The number of aromatic nitrogens is 2. The van der Waals surface area contributed by atoms with E-state index in [1.165, 1.54) is 16.8 Å². The first-order valence-electron chi connectivity index (χ1n) is 5.21. The molecular weight excluding hydrogens is 245 g/mol. The van der Waals surface area contributed by atoms with E-state index in [1.807, 2.05) is 0 Å². The van der Waals surface area contributed by atoms with E-state index in [4.69, 9.17) is 0 Å². The molecule has 1 heterocycles. The number of alkyl halides is 3. The SMILES string of the molecule is Cc1c(O)c(-c2cccc(C(F)(F)F)c2)nn1C. The van der Waals surface area contributed by atoms with Gasteiger partial charge in [0.1, 0.15) is 5.69 Å². The van der Waals surface area contributed by atoms with E-state index in [0.29, 0.717) is 5.69 Å². The summed E-state index contributed by atoms with van der Waals surface area (Å²) in [6.45, 7) is 1.64. The van der Waals surface area contributed by atoms with E-state index in [9.17, 15) is 18.3 Å². The molecule has 0 unspecified atom stereocenters. The van der Waals surface area contributed by atoms with E-state index in [1.54, 1.807) is 14.0 Å². The molecule has 1 N–H and O–H groups in total. The van der Waals surface area contributed by atoms with Gasteiger partial charge in [0, 0.05) is 12.6 Å². The number of hydrogen-bond acceptors (Lipinski definition) is 2. The molecule has 96 valence electrons. The fourth-order valence-corrected chi connectivity index (χ4v) is 1.63. The molecule has 18 heavy (non-hydrogen) atoms. The van der Waals surface area contributed by atoms with Gasteiger partial charge in [0.2, 0.25) is 0 Å². The molecule has 0 saturated carbocycles. The summed E-state index contributed by atoms with van der Waals surface area (Å²) in [6, 6.07) is 4.73. The van der Waals surface area contributed by atoms with Crippen LogP contribution in [0.3, 0.4) is 0 Å². The maximum Gasteiger partial charge on any atom is 0.416 e. The average molecular weight is 256 g/mol. The van der Waals surface area contributed by atoms with Gasteiger partial charge < -0.3 is 5.11 Å². The number of halogens is 3. The Bertz CT molecular complexity index is 587. The van der Waals surface area contributed by atoms with Crippen molar-refractivity contribution in [2.45, 2.75) is 13.1 Å². The summed E-state index contributed by atoms with van der Waals surface area (Å²) in [5, 5.41) is 13.8. The predicted octanol–water partition coefficient (Wildman–Crippen LogP) is 3.12. The highest BCUT2D eigenvalue weighted by Gasteiger charge is 2.30. The van der Waals surface area contributed by atoms with Gasteiger partial charge in [0.15, 0.2) is 5.75 Å². The molecule has 0 saturated heterocycles. The summed E-state index contributed by atoms with van der Waals surface area (Å²) >= 11 is 0. The molecule has 2 rings (SSSR count). The Morgan fingerprint density at radius 2 is 1.94 bits per heavy atom. The molecule has 0 bridgehead atoms. The first-order chi connectivity index (χ1) is 8.30. The molecule has 2 aromatic rings. The highest BCUT2D eigenvalue weighted by atomic mass is 19.4. The fourth-order valence-electron chi connectivity index (χ4n) is 1.63. The predicted molar refractivity (Wildman–Crippen MR) is 60.0 cm³/mol. The van der Waals surface area contributed by atoms with Crippen molar-refractivity contribution < 1.29 is 18.3 Å². The number of aromatic hydroxyl groups is 1. The van der Waals surface area contributed by atoms with Crippen LogP contribution in [0, 0.1) is 6.92 Å². The van der Waals surface area contributed by atoms with Crippen LogP contribution in [-0.2, 0) is 13.2 Å². The molecule has 1 aromatic heterocycles. The summed E-state index contributed by atoms with van der Waals surface area (Å²) < 4.78 is 39.2. The van der Waals surface area contributed by atoms with Crippen LogP contribution in [0.25, 0.3) is 11.3 Å². The molecule has 0 aliphatic rings. The van der Waals surface area contributed by atoms with Gasteiger partial charge in [0.25, 0.3) is 0 Å².